The number of nitrogens with zero attached hydrogens (tertiary/aromatic N) is 1. The summed E-state index contributed by atoms with van der Waals surface area (Å²) in [5.41, 5.74) is 0. The van der Waals surface area contributed by atoms with Gasteiger partial charge in [0.25, 0.3) is 0 Å². The minimum atomic E-state index is -3.66. The van der Waals surface area contributed by atoms with Gasteiger partial charge in [0.1, 0.15) is 13.2 Å². The van der Waals surface area contributed by atoms with Crippen LogP contribution in [0.3, 0.4) is 0 Å². The van der Waals surface area contributed by atoms with Crippen LogP contribution >= 0.6 is 0 Å². The summed E-state index contributed by atoms with van der Waals surface area (Å²) < 4.78 is 37.9. The van der Waals surface area contributed by atoms with E-state index in [1.807, 2.05) is 13.8 Å². The molecule has 128 valence electrons. The van der Waals surface area contributed by atoms with E-state index in [0.29, 0.717) is 31.3 Å². The molecule has 0 saturated carbocycles. The van der Waals surface area contributed by atoms with Crippen molar-refractivity contribution in [2.75, 3.05) is 26.3 Å². The van der Waals surface area contributed by atoms with E-state index in [0.717, 1.165) is 0 Å². The van der Waals surface area contributed by atoms with Crippen molar-refractivity contribution in [1.29, 1.82) is 0 Å². The largest absolute Gasteiger partial charge is 0.486 e. The van der Waals surface area contributed by atoms with Gasteiger partial charge in [-0.05, 0) is 26.0 Å². The van der Waals surface area contributed by atoms with E-state index in [-0.39, 0.29) is 23.4 Å². The standard InChI is InChI=1S/C15H22N2O5S/c1-11(2)17(12(3)18)7-6-16-23(19,20)13-4-5-14-15(10-13)22-9-8-21-14/h4-5,10-11,16H,6-9H2,1-3H3. The van der Waals surface area contributed by atoms with Crippen LogP contribution in [0.4, 0.5) is 0 Å². The Morgan fingerprint density at radius 3 is 2.52 bits per heavy atom. The van der Waals surface area contributed by atoms with Crippen LogP contribution in [0.2, 0.25) is 0 Å². The quantitative estimate of drug-likeness (QED) is 0.833. The van der Waals surface area contributed by atoms with Crippen LogP contribution in [0.5, 0.6) is 11.5 Å². The van der Waals surface area contributed by atoms with Crippen molar-refractivity contribution in [3.8, 4) is 11.5 Å². The average molecular weight is 342 g/mol. The van der Waals surface area contributed by atoms with Gasteiger partial charge in [-0.25, -0.2) is 13.1 Å². The SMILES string of the molecule is CC(=O)N(CCNS(=O)(=O)c1ccc2c(c1)OCCO2)C(C)C. The van der Waals surface area contributed by atoms with Gasteiger partial charge >= 0.3 is 0 Å². The van der Waals surface area contributed by atoms with Crippen molar-refractivity contribution < 1.29 is 22.7 Å². The summed E-state index contributed by atoms with van der Waals surface area (Å²) in [6.45, 7) is 6.55. The van der Waals surface area contributed by atoms with Crippen LogP contribution < -0.4 is 14.2 Å². The lowest BCUT2D eigenvalue weighted by Crippen LogP contribution is -2.41. The Balaban J connectivity index is 2.03. The summed E-state index contributed by atoms with van der Waals surface area (Å²) in [4.78, 5) is 13.2. The fourth-order valence-corrected chi connectivity index (χ4v) is 3.39. The molecular weight excluding hydrogens is 320 g/mol. The van der Waals surface area contributed by atoms with Gasteiger partial charge in [0, 0.05) is 32.1 Å². The molecule has 0 radical (unpaired) electrons. The lowest BCUT2D eigenvalue weighted by Gasteiger charge is -2.25. The van der Waals surface area contributed by atoms with Gasteiger partial charge in [0.05, 0.1) is 4.90 Å². The number of benzene rings is 1. The molecule has 1 aromatic carbocycles. The highest BCUT2D eigenvalue weighted by Crippen LogP contribution is 2.32. The maximum atomic E-state index is 12.3. The fourth-order valence-electron chi connectivity index (χ4n) is 2.35. The number of sulfonamides is 1. The summed E-state index contributed by atoms with van der Waals surface area (Å²) in [6.07, 6.45) is 0. The molecule has 0 aromatic heterocycles. The molecule has 1 aliphatic rings. The number of rotatable bonds is 6. The zero-order valence-electron chi connectivity index (χ0n) is 13.5. The van der Waals surface area contributed by atoms with E-state index in [1.165, 1.54) is 19.1 Å². The topological polar surface area (TPSA) is 84.9 Å². The smallest absolute Gasteiger partial charge is 0.240 e. The number of hydrogen-bond donors (Lipinski definition) is 1. The fraction of sp³-hybridized carbons (Fsp3) is 0.533. The van der Waals surface area contributed by atoms with Gasteiger partial charge in [-0.2, -0.15) is 0 Å². The second kappa shape index (κ2) is 7.18. The van der Waals surface area contributed by atoms with Crippen molar-refractivity contribution in [3.63, 3.8) is 0 Å². The normalized spacial score (nSPS) is 13.9. The summed E-state index contributed by atoms with van der Waals surface area (Å²) in [6, 6.07) is 4.52. The Bertz CT molecular complexity index is 672. The number of nitrogens with one attached hydrogen (secondary N) is 1. The highest BCUT2D eigenvalue weighted by molar-refractivity contribution is 7.89. The zero-order chi connectivity index (χ0) is 17.0. The molecule has 0 aliphatic carbocycles. The molecule has 0 saturated heterocycles. The van der Waals surface area contributed by atoms with Gasteiger partial charge < -0.3 is 14.4 Å². The van der Waals surface area contributed by atoms with E-state index in [1.54, 1.807) is 11.0 Å². The first-order valence-electron chi connectivity index (χ1n) is 7.48. The third-order valence-corrected chi connectivity index (χ3v) is 4.96. The summed E-state index contributed by atoms with van der Waals surface area (Å²) in [5, 5.41) is 0. The van der Waals surface area contributed by atoms with E-state index in [9.17, 15) is 13.2 Å². The van der Waals surface area contributed by atoms with Crippen LogP contribution in [0.1, 0.15) is 20.8 Å². The van der Waals surface area contributed by atoms with Gasteiger partial charge in [0.15, 0.2) is 11.5 Å². The number of ether oxygens (including phenoxy) is 2. The van der Waals surface area contributed by atoms with E-state index >= 15 is 0 Å². The number of amides is 1. The predicted octanol–water partition coefficient (Wildman–Crippen LogP) is 0.993. The van der Waals surface area contributed by atoms with Crippen LogP contribution in [-0.4, -0.2) is 51.6 Å². The Labute approximate surface area is 136 Å². The Morgan fingerprint density at radius 2 is 1.91 bits per heavy atom. The Morgan fingerprint density at radius 1 is 1.26 bits per heavy atom. The van der Waals surface area contributed by atoms with Crippen LogP contribution in [-0.2, 0) is 14.8 Å². The van der Waals surface area contributed by atoms with Crippen LogP contribution in [0.25, 0.3) is 0 Å². The second-order valence-electron chi connectivity index (χ2n) is 5.51. The molecule has 0 fully saturated rings. The molecule has 0 atom stereocenters. The minimum absolute atomic E-state index is 0.0197. The van der Waals surface area contributed by atoms with Crippen molar-refractivity contribution in [1.82, 2.24) is 9.62 Å². The van der Waals surface area contributed by atoms with E-state index in [2.05, 4.69) is 4.72 Å². The van der Waals surface area contributed by atoms with Crippen LogP contribution in [0.15, 0.2) is 23.1 Å². The molecule has 0 bridgehead atoms. The number of fused-ring (bicyclic) bond motifs is 1. The van der Waals surface area contributed by atoms with E-state index in [4.69, 9.17) is 9.47 Å². The van der Waals surface area contributed by atoms with Gasteiger partial charge in [-0.3, -0.25) is 4.79 Å². The summed E-state index contributed by atoms with van der Waals surface area (Å²) in [5.74, 6) is 0.878. The average Bonchev–Trinajstić information content (AvgIpc) is 2.50. The molecule has 23 heavy (non-hydrogen) atoms. The maximum absolute atomic E-state index is 12.3. The predicted molar refractivity (Wildman–Crippen MR) is 85.1 cm³/mol. The maximum Gasteiger partial charge on any atom is 0.240 e. The first kappa shape index (κ1) is 17.6. The molecule has 1 heterocycles. The summed E-state index contributed by atoms with van der Waals surface area (Å²) >= 11 is 0. The van der Waals surface area contributed by atoms with Crippen molar-refractivity contribution in [2.45, 2.75) is 31.7 Å². The lowest BCUT2D eigenvalue weighted by atomic mass is 10.3. The highest BCUT2D eigenvalue weighted by atomic mass is 32.2. The Hall–Kier alpha value is -1.80. The third kappa shape index (κ3) is 4.35. The first-order valence-corrected chi connectivity index (χ1v) is 8.96. The molecular formula is C15H22N2O5S. The van der Waals surface area contributed by atoms with Gasteiger partial charge in [-0.15, -0.1) is 0 Å². The monoisotopic (exact) mass is 342 g/mol. The minimum Gasteiger partial charge on any atom is -0.486 e. The number of carbonyl (C=O) groups excluding carboxylic acids is 1. The molecule has 1 N–H and O–H groups in total. The molecule has 7 nitrogen and oxygen atoms in total. The number of hydrogen-bond acceptors (Lipinski definition) is 5. The van der Waals surface area contributed by atoms with Gasteiger partial charge in [-0.1, -0.05) is 0 Å². The molecule has 8 heteroatoms. The molecule has 2 rings (SSSR count). The van der Waals surface area contributed by atoms with E-state index < -0.39 is 10.0 Å². The second-order valence-corrected chi connectivity index (χ2v) is 7.28. The molecule has 1 amide bonds. The molecule has 0 unspecified atom stereocenters. The third-order valence-electron chi connectivity index (χ3n) is 3.50. The van der Waals surface area contributed by atoms with Gasteiger partial charge in [0.2, 0.25) is 15.9 Å². The number of carbonyl (C=O) groups is 1. The lowest BCUT2D eigenvalue weighted by molar-refractivity contribution is -0.130. The van der Waals surface area contributed by atoms with Crippen molar-refractivity contribution in [3.05, 3.63) is 18.2 Å². The molecule has 0 spiro atoms. The zero-order valence-corrected chi connectivity index (χ0v) is 14.4. The van der Waals surface area contributed by atoms with Crippen LogP contribution in [0, 0.1) is 0 Å². The molecule has 1 aromatic rings. The first-order chi connectivity index (χ1) is 10.8. The molecule has 1 aliphatic heterocycles. The van der Waals surface area contributed by atoms with Crippen molar-refractivity contribution >= 4 is 15.9 Å². The Kier molecular flexibility index (Phi) is 5.48. The van der Waals surface area contributed by atoms with Crippen molar-refractivity contribution in [2.24, 2.45) is 0 Å². The summed E-state index contributed by atoms with van der Waals surface area (Å²) in [7, 11) is -3.66. The highest BCUT2D eigenvalue weighted by Gasteiger charge is 2.20.